The van der Waals surface area contributed by atoms with Gasteiger partial charge in [0.05, 0.1) is 17.1 Å². The third-order valence-electron chi connectivity index (χ3n) is 4.38. The molecule has 0 spiro atoms. The molecule has 0 saturated heterocycles. The van der Waals surface area contributed by atoms with Crippen LogP contribution in [0.15, 0.2) is 21.3 Å². The lowest BCUT2D eigenvalue weighted by Gasteiger charge is -2.24. The van der Waals surface area contributed by atoms with Crippen LogP contribution < -0.4 is 10.4 Å². The van der Waals surface area contributed by atoms with Gasteiger partial charge < -0.3 is 19.4 Å². The van der Waals surface area contributed by atoms with Gasteiger partial charge in [0, 0.05) is 30.5 Å². The van der Waals surface area contributed by atoms with Gasteiger partial charge in [-0.1, -0.05) is 0 Å². The summed E-state index contributed by atoms with van der Waals surface area (Å²) in [7, 11) is -4.66. The molecular weight excluding hydrogens is 380 g/mol. The lowest BCUT2D eigenvalue weighted by atomic mass is 9.95. The van der Waals surface area contributed by atoms with Crippen LogP contribution in [-0.2, 0) is 27.4 Å². The molecule has 9 nitrogen and oxygen atoms in total. The number of rotatable bonds is 5. The molecule has 148 valence electrons. The number of ether oxygens (including phenoxy) is 1. The molecule has 0 radical (unpaired) electrons. The fourth-order valence-corrected chi connectivity index (χ4v) is 3.70. The fraction of sp³-hybridized carbons (Fsp3) is 0.471. The van der Waals surface area contributed by atoms with Gasteiger partial charge >= 0.3 is 16.0 Å². The Hall–Kier alpha value is -2.14. The second kappa shape index (κ2) is 6.48. The van der Waals surface area contributed by atoms with Gasteiger partial charge in [0.15, 0.2) is 0 Å². The van der Waals surface area contributed by atoms with Gasteiger partial charge in [-0.2, -0.15) is 8.42 Å². The predicted octanol–water partition coefficient (Wildman–Crippen LogP) is 1.32. The van der Waals surface area contributed by atoms with Crippen molar-refractivity contribution in [2.45, 2.75) is 51.4 Å². The molecule has 1 aliphatic rings. The van der Waals surface area contributed by atoms with Gasteiger partial charge in [0.25, 0.3) is 0 Å². The van der Waals surface area contributed by atoms with Gasteiger partial charge in [-0.3, -0.25) is 4.55 Å². The van der Waals surface area contributed by atoms with Crippen molar-refractivity contribution in [3.05, 3.63) is 33.7 Å². The molecule has 1 aromatic heterocycles. The summed E-state index contributed by atoms with van der Waals surface area (Å²) in [6.45, 7) is 4.56. The summed E-state index contributed by atoms with van der Waals surface area (Å²) in [6.07, 6.45) is -1.39. The Morgan fingerprint density at radius 1 is 1.37 bits per heavy atom. The maximum absolute atomic E-state index is 12.0. The third kappa shape index (κ3) is 4.08. The summed E-state index contributed by atoms with van der Waals surface area (Å²) in [4.78, 5) is 12.0. The molecule has 1 aliphatic heterocycles. The molecule has 0 bridgehead atoms. The van der Waals surface area contributed by atoms with Crippen molar-refractivity contribution < 1.29 is 36.5 Å². The molecule has 0 aliphatic carbocycles. The Morgan fingerprint density at radius 3 is 2.63 bits per heavy atom. The van der Waals surface area contributed by atoms with Crippen molar-refractivity contribution in [1.82, 2.24) is 0 Å². The fourth-order valence-electron chi connectivity index (χ4n) is 3.22. The minimum absolute atomic E-state index is 0.0793. The minimum atomic E-state index is -4.66. The second-order valence-corrected chi connectivity index (χ2v) is 8.22. The van der Waals surface area contributed by atoms with Gasteiger partial charge in [0.1, 0.15) is 23.2 Å². The summed E-state index contributed by atoms with van der Waals surface area (Å²) >= 11 is 0. The van der Waals surface area contributed by atoms with E-state index in [1.165, 1.54) is 13.0 Å². The van der Waals surface area contributed by atoms with E-state index in [2.05, 4.69) is 4.18 Å². The van der Waals surface area contributed by atoms with Crippen LogP contribution in [0.5, 0.6) is 11.5 Å². The highest BCUT2D eigenvalue weighted by atomic mass is 32.3. The largest absolute Gasteiger partial charge is 0.507 e. The average molecular weight is 400 g/mol. The Labute approximate surface area is 155 Å². The molecule has 2 atom stereocenters. The van der Waals surface area contributed by atoms with Crippen LogP contribution in [0.25, 0.3) is 11.0 Å². The molecule has 27 heavy (non-hydrogen) atoms. The topological polar surface area (TPSA) is 144 Å². The summed E-state index contributed by atoms with van der Waals surface area (Å²) in [6, 6.07) is 2.49. The zero-order valence-electron chi connectivity index (χ0n) is 14.9. The number of phenols is 1. The number of aliphatic hydroxyl groups is 1. The Kier molecular flexibility index (Phi) is 4.71. The van der Waals surface area contributed by atoms with Crippen LogP contribution in [0.1, 0.15) is 31.9 Å². The van der Waals surface area contributed by atoms with Crippen LogP contribution in [-0.4, -0.2) is 41.0 Å². The molecule has 2 heterocycles. The number of fused-ring (bicyclic) bond motifs is 3. The highest BCUT2D eigenvalue weighted by Crippen LogP contribution is 2.42. The summed E-state index contributed by atoms with van der Waals surface area (Å²) in [5, 5.41) is 20.8. The van der Waals surface area contributed by atoms with E-state index in [0.717, 1.165) is 6.07 Å². The number of phenolic OH excluding ortho intramolecular Hbond substituents is 1. The molecule has 10 heteroatoms. The van der Waals surface area contributed by atoms with Gasteiger partial charge in [-0.25, -0.2) is 8.98 Å². The zero-order chi connectivity index (χ0) is 20.1. The van der Waals surface area contributed by atoms with Gasteiger partial charge in [-0.05, 0) is 26.3 Å². The first kappa shape index (κ1) is 19.6. The van der Waals surface area contributed by atoms with E-state index >= 15 is 0 Å². The lowest BCUT2D eigenvalue weighted by Crippen LogP contribution is -2.39. The highest BCUT2D eigenvalue weighted by molar-refractivity contribution is 7.80. The average Bonchev–Trinajstić information content (AvgIpc) is 2.88. The number of hydrogen-bond donors (Lipinski definition) is 3. The Bertz CT molecular complexity index is 1050. The molecule has 3 N–H and O–H groups in total. The quantitative estimate of drug-likeness (QED) is 0.500. The van der Waals surface area contributed by atoms with Crippen molar-refractivity contribution in [3.63, 3.8) is 0 Å². The molecule has 2 unspecified atom stereocenters. The predicted molar refractivity (Wildman–Crippen MR) is 94.4 cm³/mol. The van der Waals surface area contributed by atoms with E-state index in [0.29, 0.717) is 16.9 Å². The van der Waals surface area contributed by atoms with Crippen LogP contribution in [0.2, 0.25) is 0 Å². The third-order valence-corrected chi connectivity index (χ3v) is 4.95. The van der Waals surface area contributed by atoms with Crippen molar-refractivity contribution in [2.24, 2.45) is 0 Å². The van der Waals surface area contributed by atoms with Crippen molar-refractivity contribution >= 4 is 21.4 Å². The van der Waals surface area contributed by atoms with Crippen LogP contribution in [0.3, 0.4) is 0 Å². The number of hydrogen-bond acceptors (Lipinski definition) is 8. The summed E-state index contributed by atoms with van der Waals surface area (Å²) in [5.74, 6) is 0.0765. The first-order valence-corrected chi connectivity index (χ1v) is 9.58. The maximum Gasteiger partial charge on any atom is 0.397 e. The first-order valence-electron chi connectivity index (χ1n) is 8.21. The molecule has 0 fully saturated rings. The molecule has 1 aromatic carbocycles. The van der Waals surface area contributed by atoms with E-state index in [9.17, 15) is 23.4 Å². The van der Waals surface area contributed by atoms with Gasteiger partial charge in [0.2, 0.25) is 0 Å². The highest BCUT2D eigenvalue weighted by Gasteiger charge is 2.37. The molecule has 2 aromatic rings. The number of benzene rings is 1. The molecular formula is C17H20O9S. The summed E-state index contributed by atoms with van der Waals surface area (Å²) < 4.78 is 46.0. The van der Waals surface area contributed by atoms with Crippen molar-refractivity contribution in [3.8, 4) is 11.5 Å². The van der Waals surface area contributed by atoms with Crippen molar-refractivity contribution in [1.29, 1.82) is 0 Å². The van der Waals surface area contributed by atoms with Crippen molar-refractivity contribution in [2.75, 3.05) is 0 Å². The van der Waals surface area contributed by atoms with Gasteiger partial charge in [-0.15, -0.1) is 0 Å². The van der Waals surface area contributed by atoms with Crippen LogP contribution >= 0.6 is 0 Å². The van der Waals surface area contributed by atoms with E-state index in [1.807, 2.05) is 0 Å². The van der Waals surface area contributed by atoms with Crippen LogP contribution in [0, 0.1) is 0 Å². The zero-order valence-corrected chi connectivity index (χ0v) is 15.7. The first-order chi connectivity index (χ1) is 12.3. The monoisotopic (exact) mass is 400 g/mol. The van der Waals surface area contributed by atoms with E-state index < -0.39 is 33.8 Å². The minimum Gasteiger partial charge on any atom is -0.507 e. The maximum atomic E-state index is 12.0. The summed E-state index contributed by atoms with van der Waals surface area (Å²) in [5.41, 5.74) is -0.924. The molecule has 3 rings (SSSR count). The van der Waals surface area contributed by atoms with E-state index in [1.54, 1.807) is 13.8 Å². The smallest absolute Gasteiger partial charge is 0.397 e. The van der Waals surface area contributed by atoms with Crippen LogP contribution in [0.4, 0.5) is 0 Å². The molecule has 0 saturated carbocycles. The lowest BCUT2D eigenvalue weighted by molar-refractivity contribution is -0.0229. The second-order valence-electron chi connectivity index (χ2n) is 7.17. The van der Waals surface area contributed by atoms with E-state index in [4.69, 9.17) is 13.7 Å². The standard InChI is InChI=1S/C17H20O9S/c1-8(26-27(21,22)23)4-9-5-14(19)25-16-10-6-13(17(2,3)20)24-12(10)7-11(18)15(9)16/h5,7-8,13,18,20H,4,6H2,1-3H3,(H,21,22,23). The number of aromatic hydroxyl groups is 1. The Morgan fingerprint density at radius 2 is 2.04 bits per heavy atom. The normalized spacial score (nSPS) is 18.3. The molecule has 0 amide bonds. The SMILES string of the molecule is CC(Cc1cc(=O)oc2c3c(cc(O)c12)OC(C(C)(C)O)C3)OS(=O)(=O)O. The Balaban J connectivity index is 2.10. The van der Waals surface area contributed by atoms with E-state index in [-0.39, 0.29) is 29.6 Å².